The molecule has 1 aliphatic carbocycles. The van der Waals surface area contributed by atoms with Crippen LogP contribution in [0.25, 0.3) is 0 Å². The summed E-state index contributed by atoms with van der Waals surface area (Å²) in [5.41, 5.74) is 6.70. The van der Waals surface area contributed by atoms with Gasteiger partial charge in [0.05, 0.1) is 16.8 Å². The zero-order chi connectivity index (χ0) is 13.1. The molecule has 0 spiro atoms. The number of halogens is 3. The molecular weight excluding hydrogens is 308 g/mol. The van der Waals surface area contributed by atoms with Crippen LogP contribution in [0.1, 0.15) is 30.3 Å². The third-order valence-electron chi connectivity index (χ3n) is 2.63. The van der Waals surface area contributed by atoms with E-state index in [-0.39, 0.29) is 6.61 Å². The lowest BCUT2D eigenvalue weighted by molar-refractivity contribution is 0.0183. The Bertz CT molecular complexity index is 427. The molecule has 0 bridgehead atoms. The predicted molar refractivity (Wildman–Crippen MR) is 66.6 cm³/mol. The molecule has 1 fully saturated rings. The minimum atomic E-state index is -2.44. The highest BCUT2D eigenvalue weighted by molar-refractivity contribution is 9.10. The summed E-state index contributed by atoms with van der Waals surface area (Å²) < 4.78 is 29.3. The number of aromatic nitrogens is 2. The van der Waals surface area contributed by atoms with Crippen molar-refractivity contribution in [2.45, 2.75) is 31.6 Å². The largest absolute Gasteiger partial charge is 0.383 e. The summed E-state index contributed by atoms with van der Waals surface area (Å²) in [5, 5.41) is 0. The van der Waals surface area contributed by atoms with Gasteiger partial charge in [0, 0.05) is 12.3 Å². The lowest BCUT2D eigenvalue weighted by Gasteiger charge is -2.08. The molecule has 7 heteroatoms. The lowest BCUT2D eigenvalue weighted by Crippen LogP contribution is -2.10. The fourth-order valence-electron chi connectivity index (χ4n) is 1.61. The summed E-state index contributed by atoms with van der Waals surface area (Å²) in [5.74, 6) is 1.40. The summed E-state index contributed by atoms with van der Waals surface area (Å²) in [6.45, 7) is -0.378. The average molecular weight is 322 g/mol. The van der Waals surface area contributed by atoms with E-state index in [0.29, 0.717) is 24.0 Å². The van der Waals surface area contributed by atoms with Crippen molar-refractivity contribution in [1.82, 2.24) is 9.97 Å². The zero-order valence-electron chi connectivity index (χ0n) is 9.70. The van der Waals surface area contributed by atoms with E-state index in [1.807, 2.05) is 0 Å². The fraction of sp³-hybridized carbons (Fsp3) is 0.636. The molecule has 0 amide bonds. The van der Waals surface area contributed by atoms with Gasteiger partial charge in [-0.1, -0.05) is 0 Å². The first-order valence-electron chi connectivity index (χ1n) is 5.75. The van der Waals surface area contributed by atoms with Crippen LogP contribution >= 0.6 is 15.9 Å². The normalized spacial score (nSPS) is 15.3. The number of alkyl halides is 2. The van der Waals surface area contributed by atoms with Crippen LogP contribution in [0.4, 0.5) is 14.6 Å². The molecule has 2 N–H and O–H groups in total. The minimum Gasteiger partial charge on any atom is -0.383 e. The first-order valence-corrected chi connectivity index (χ1v) is 6.55. The number of nitrogens with zero attached hydrogens (tertiary/aromatic N) is 2. The van der Waals surface area contributed by atoms with Crippen molar-refractivity contribution in [2.24, 2.45) is 0 Å². The summed E-state index contributed by atoms with van der Waals surface area (Å²) in [4.78, 5) is 8.52. The van der Waals surface area contributed by atoms with E-state index in [4.69, 9.17) is 10.5 Å². The molecule has 2 rings (SSSR count). The summed E-state index contributed by atoms with van der Waals surface area (Å²) in [7, 11) is 0. The predicted octanol–water partition coefficient (Wildman–Crippen LogP) is 2.52. The Morgan fingerprint density at radius 3 is 2.72 bits per heavy atom. The molecule has 0 aromatic carbocycles. The number of ether oxygens (including phenoxy) is 1. The van der Waals surface area contributed by atoms with E-state index >= 15 is 0 Å². The van der Waals surface area contributed by atoms with E-state index in [0.717, 1.165) is 23.0 Å². The number of nitrogens with two attached hydrogens (primary N) is 1. The van der Waals surface area contributed by atoms with Gasteiger partial charge in [-0.2, -0.15) is 0 Å². The second kappa shape index (κ2) is 5.88. The van der Waals surface area contributed by atoms with Crippen LogP contribution in [0, 0.1) is 0 Å². The second-order valence-corrected chi connectivity index (χ2v) is 5.01. The van der Waals surface area contributed by atoms with Gasteiger partial charge in [-0.25, -0.2) is 18.7 Å². The number of rotatable bonds is 6. The van der Waals surface area contributed by atoms with Crippen molar-refractivity contribution in [3.8, 4) is 0 Å². The highest BCUT2D eigenvalue weighted by Crippen LogP contribution is 2.43. The van der Waals surface area contributed by atoms with E-state index in [1.165, 1.54) is 0 Å². The van der Waals surface area contributed by atoms with Crippen molar-refractivity contribution in [2.75, 3.05) is 18.9 Å². The van der Waals surface area contributed by atoms with E-state index in [1.54, 1.807) is 0 Å². The second-order valence-electron chi connectivity index (χ2n) is 4.21. The number of hydrogen-bond donors (Lipinski definition) is 1. The highest BCUT2D eigenvalue weighted by atomic mass is 79.9. The van der Waals surface area contributed by atoms with Crippen molar-refractivity contribution in [3.05, 3.63) is 16.0 Å². The topological polar surface area (TPSA) is 61.0 Å². The molecule has 0 unspecified atom stereocenters. The van der Waals surface area contributed by atoms with Crippen molar-refractivity contribution in [1.29, 1.82) is 0 Å². The molecule has 0 radical (unpaired) electrons. The van der Waals surface area contributed by atoms with Crippen LogP contribution in [0.2, 0.25) is 0 Å². The molecule has 4 nitrogen and oxygen atoms in total. The van der Waals surface area contributed by atoms with Crippen LogP contribution in [0.5, 0.6) is 0 Å². The number of nitrogen functional groups attached to an aromatic ring is 1. The van der Waals surface area contributed by atoms with Gasteiger partial charge in [-0.15, -0.1) is 0 Å². The maximum Gasteiger partial charge on any atom is 0.261 e. The molecular formula is C11H14BrF2N3O. The monoisotopic (exact) mass is 321 g/mol. The van der Waals surface area contributed by atoms with E-state index in [9.17, 15) is 8.78 Å². The molecule has 1 heterocycles. The third kappa shape index (κ3) is 3.58. The molecule has 1 aliphatic rings. The number of anilines is 1. The average Bonchev–Trinajstić information content (AvgIpc) is 3.12. The lowest BCUT2D eigenvalue weighted by atomic mass is 10.2. The maximum absolute atomic E-state index is 11.9. The Morgan fingerprint density at radius 2 is 2.11 bits per heavy atom. The molecule has 1 aromatic heterocycles. The van der Waals surface area contributed by atoms with Gasteiger partial charge in [0.1, 0.15) is 18.2 Å². The van der Waals surface area contributed by atoms with Crippen LogP contribution in [-0.2, 0) is 11.2 Å². The standard InChI is InChI=1S/C11H14BrF2N3O/c12-9-10(6-1-2-6)16-8(17-11(9)15)3-4-18-5-7(13)14/h6-7H,1-5H2,(H2,15,16,17). The molecule has 1 aromatic rings. The van der Waals surface area contributed by atoms with Gasteiger partial charge in [-0.05, 0) is 28.8 Å². The van der Waals surface area contributed by atoms with Gasteiger partial charge in [0.25, 0.3) is 6.43 Å². The molecule has 1 saturated carbocycles. The van der Waals surface area contributed by atoms with Crippen molar-refractivity contribution in [3.63, 3.8) is 0 Å². The highest BCUT2D eigenvalue weighted by Gasteiger charge is 2.28. The summed E-state index contributed by atoms with van der Waals surface area (Å²) in [6.07, 6.45) is 0.166. The molecule has 18 heavy (non-hydrogen) atoms. The third-order valence-corrected chi connectivity index (χ3v) is 3.44. The minimum absolute atomic E-state index is 0.176. The smallest absolute Gasteiger partial charge is 0.261 e. The van der Waals surface area contributed by atoms with E-state index < -0.39 is 13.0 Å². The van der Waals surface area contributed by atoms with Gasteiger partial charge in [0.2, 0.25) is 0 Å². The Kier molecular flexibility index (Phi) is 4.45. The van der Waals surface area contributed by atoms with Gasteiger partial charge in [0.15, 0.2) is 0 Å². The molecule has 100 valence electrons. The Morgan fingerprint density at radius 1 is 1.39 bits per heavy atom. The molecule has 0 atom stereocenters. The zero-order valence-corrected chi connectivity index (χ0v) is 11.3. The quantitative estimate of drug-likeness (QED) is 0.818. The van der Waals surface area contributed by atoms with Crippen LogP contribution in [0.15, 0.2) is 4.47 Å². The van der Waals surface area contributed by atoms with Crippen LogP contribution < -0.4 is 5.73 Å². The Labute approximate surface area is 112 Å². The van der Waals surface area contributed by atoms with Gasteiger partial charge >= 0.3 is 0 Å². The fourth-order valence-corrected chi connectivity index (χ4v) is 2.11. The molecule has 0 aliphatic heterocycles. The summed E-state index contributed by atoms with van der Waals surface area (Å²) in [6, 6.07) is 0. The molecule has 0 saturated heterocycles. The first-order chi connectivity index (χ1) is 8.58. The van der Waals surface area contributed by atoms with Gasteiger partial charge < -0.3 is 10.5 Å². The number of hydrogen-bond acceptors (Lipinski definition) is 4. The van der Waals surface area contributed by atoms with Crippen molar-refractivity contribution < 1.29 is 13.5 Å². The van der Waals surface area contributed by atoms with Crippen LogP contribution in [-0.4, -0.2) is 29.6 Å². The van der Waals surface area contributed by atoms with Crippen molar-refractivity contribution >= 4 is 21.7 Å². The first kappa shape index (κ1) is 13.6. The van der Waals surface area contributed by atoms with E-state index in [2.05, 4.69) is 25.9 Å². The Balaban J connectivity index is 1.96. The van der Waals surface area contributed by atoms with Gasteiger partial charge in [-0.3, -0.25) is 0 Å². The Hall–Kier alpha value is -0.820. The summed E-state index contributed by atoms with van der Waals surface area (Å²) >= 11 is 3.38. The maximum atomic E-state index is 11.9. The van der Waals surface area contributed by atoms with Crippen LogP contribution in [0.3, 0.4) is 0 Å². The SMILES string of the molecule is Nc1nc(CCOCC(F)F)nc(C2CC2)c1Br.